The molecule has 1 aliphatic heterocycles. The minimum atomic E-state index is -3.55. The van der Waals surface area contributed by atoms with Crippen LogP contribution in [0.5, 0.6) is 0 Å². The van der Waals surface area contributed by atoms with Gasteiger partial charge in [0.25, 0.3) is 0 Å². The van der Waals surface area contributed by atoms with Crippen molar-refractivity contribution in [3.63, 3.8) is 0 Å². The number of sulfonamides is 1. The quantitative estimate of drug-likeness (QED) is 0.774. The molecule has 7 heteroatoms. The van der Waals surface area contributed by atoms with E-state index >= 15 is 0 Å². The Kier molecular flexibility index (Phi) is 5.21. The fourth-order valence-electron chi connectivity index (χ4n) is 4.17. The summed E-state index contributed by atoms with van der Waals surface area (Å²) in [6, 6.07) is 13.3. The van der Waals surface area contributed by atoms with E-state index in [1.54, 1.807) is 18.3 Å². The maximum Gasteiger partial charge on any atom is 0.244 e. The molecule has 1 saturated heterocycles. The molecule has 0 radical (unpaired) electrons. The van der Waals surface area contributed by atoms with Crippen molar-refractivity contribution >= 4 is 15.9 Å². The molecule has 6 nitrogen and oxygen atoms in total. The number of piperazine rings is 1. The van der Waals surface area contributed by atoms with Crippen LogP contribution in [0.1, 0.15) is 24.8 Å². The molecule has 2 heterocycles. The third-order valence-corrected chi connectivity index (χ3v) is 7.83. The van der Waals surface area contributed by atoms with E-state index in [4.69, 9.17) is 0 Å². The monoisotopic (exact) mass is 399 g/mol. The Labute approximate surface area is 166 Å². The standard InChI is InChI=1S/C21H25N3O3S/c25-20(21(9-5-10-21)16-18-6-2-1-3-7-18)23-12-14-24(15-13-23)28(26,27)19-8-4-11-22-17-19/h1-4,6-8,11,17H,5,9-10,12-16H2. The normalized spacial score (nSPS) is 19.8. The molecular weight excluding hydrogens is 374 g/mol. The topological polar surface area (TPSA) is 70.6 Å². The third-order valence-electron chi connectivity index (χ3n) is 5.95. The zero-order valence-electron chi connectivity index (χ0n) is 15.8. The second kappa shape index (κ2) is 7.64. The summed E-state index contributed by atoms with van der Waals surface area (Å²) in [7, 11) is -3.55. The predicted molar refractivity (Wildman–Crippen MR) is 106 cm³/mol. The molecule has 28 heavy (non-hydrogen) atoms. The number of carbonyl (C=O) groups excluding carboxylic acids is 1. The summed E-state index contributed by atoms with van der Waals surface area (Å²) in [6.07, 6.45) is 6.59. The van der Waals surface area contributed by atoms with Gasteiger partial charge in [-0.25, -0.2) is 8.42 Å². The number of hydrogen-bond donors (Lipinski definition) is 0. The smallest absolute Gasteiger partial charge is 0.244 e. The number of hydrogen-bond acceptors (Lipinski definition) is 4. The predicted octanol–water partition coefficient (Wildman–Crippen LogP) is 2.33. The van der Waals surface area contributed by atoms with Crippen LogP contribution >= 0.6 is 0 Å². The van der Waals surface area contributed by atoms with E-state index in [1.165, 1.54) is 16.1 Å². The number of benzene rings is 1. The van der Waals surface area contributed by atoms with Gasteiger partial charge in [0.2, 0.25) is 15.9 Å². The molecule has 1 aromatic carbocycles. The van der Waals surface area contributed by atoms with E-state index in [-0.39, 0.29) is 16.2 Å². The summed E-state index contributed by atoms with van der Waals surface area (Å²) in [5, 5.41) is 0. The van der Waals surface area contributed by atoms with Crippen LogP contribution in [0.2, 0.25) is 0 Å². The van der Waals surface area contributed by atoms with Gasteiger partial charge in [-0.3, -0.25) is 9.78 Å². The number of carbonyl (C=O) groups is 1. The second-order valence-corrected chi connectivity index (χ2v) is 9.62. The number of amides is 1. The molecule has 1 saturated carbocycles. The van der Waals surface area contributed by atoms with Gasteiger partial charge in [-0.2, -0.15) is 4.31 Å². The third kappa shape index (κ3) is 3.56. The van der Waals surface area contributed by atoms with Gasteiger partial charge < -0.3 is 4.90 Å². The van der Waals surface area contributed by atoms with Crippen LogP contribution in [0.25, 0.3) is 0 Å². The Morgan fingerprint density at radius 3 is 2.29 bits per heavy atom. The van der Waals surface area contributed by atoms with Gasteiger partial charge in [0, 0.05) is 38.6 Å². The van der Waals surface area contributed by atoms with Crippen molar-refractivity contribution in [2.75, 3.05) is 26.2 Å². The van der Waals surface area contributed by atoms with Crippen LogP contribution in [0.4, 0.5) is 0 Å². The summed E-state index contributed by atoms with van der Waals surface area (Å²) >= 11 is 0. The van der Waals surface area contributed by atoms with E-state index in [2.05, 4.69) is 17.1 Å². The molecule has 2 aromatic rings. The molecule has 2 fully saturated rings. The molecule has 2 aliphatic rings. The van der Waals surface area contributed by atoms with Crippen molar-refractivity contribution in [3.05, 3.63) is 60.4 Å². The van der Waals surface area contributed by atoms with Crippen LogP contribution in [0.3, 0.4) is 0 Å². The van der Waals surface area contributed by atoms with Crippen molar-refractivity contribution in [2.24, 2.45) is 5.41 Å². The second-order valence-electron chi connectivity index (χ2n) is 7.68. The SMILES string of the molecule is O=C(N1CCN(S(=O)(=O)c2cccnc2)CC1)C1(Cc2ccccc2)CCC1. The van der Waals surface area contributed by atoms with E-state index in [0.717, 1.165) is 25.7 Å². The maximum absolute atomic E-state index is 13.3. The Hall–Kier alpha value is -2.25. The summed E-state index contributed by atoms with van der Waals surface area (Å²) in [5.74, 6) is 0.182. The van der Waals surface area contributed by atoms with Gasteiger partial charge in [0.05, 0.1) is 5.41 Å². The average molecular weight is 400 g/mol. The van der Waals surface area contributed by atoms with E-state index in [0.29, 0.717) is 26.2 Å². The number of aromatic nitrogens is 1. The Bertz CT molecular complexity index is 920. The molecule has 0 bridgehead atoms. The number of nitrogens with zero attached hydrogens (tertiary/aromatic N) is 3. The van der Waals surface area contributed by atoms with Crippen LogP contribution in [0, 0.1) is 5.41 Å². The van der Waals surface area contributed by atoms with Gasteiger partial charge in [-0.15, -0.1) is 0 Å². The first-order valence-corrected chi connectivity index (χ1v) is 11.2. The highest BCUT2D eigenvalue weighted by Gasteiger charge is 2.47. The summed E-state index contributed by atoms with van der Waals surface area (Å²) in [6.45, 7) is 1.53. The lowest BCUT2D eigenvalue weighted by Crippen LogP contribution is -2.56. The fraction of sp³-hybridized carbons (Fsp3) is 0.429. The van der Waals surface area contributed by atoms with Crippen molar-refractivity contribution < 1.29 is 13.2 Å². The van der Waals surface area contributed by atoms with Crippen molar-refractivity contribution in [2.45, 2.75) is 30.6 Å². The van der Waals surface area contributed by atoms with Gasteiger partial charge in [-0.1, -0.05) is 36.8 Å². The molecule has 4 rings (SSSR count). The van der Waals surface area contributed by atoms with E-state index < -0.39 is 10.0 Å². The Morgan fingerprint density at radius 1 is 1.00 bits per heavy atom. The molecule has 0 N–H and O–H groups in total. The first-order valence-electron chi connectivity index (χ1n) is 9.75. The zero-order valence-corrected chi connectivity index (χ0v) is 16.6. The molecule has 1 aliphatic carbocycles. The van der Waals surface area contributed by atoms with Gasteiger partial charge in [-0.05, 0) is 37.0 Å². The molecule has 0 atom stereocenters. The van der Waals surface area contributed by atoms with Crippen LogP contribution in [-0.4, -0.2) is 54.7 Å². The van der Waals surface area contributed by atoms with Gasteiger partial charge in [0.15, 0.2) is 0 Å². The number of pyridine rings is 1. The lowest BCUT2D eigenvalue weighted by Gasteiger charge is -2.45. The molecule has 0 unspecified atom stereocenters. The Balaban J connectivity index is 1.42. The highest BCUT2D eigenvalue weighted by atomic mass is 32.2. The van der Waals surface area contributed by atoms with E-state index in [9.17, 15) is 13.2 Å². The molecular formula is C21H25N3O3S. The van der Waals surface area contributed by atoms with Gasteiger partial charge >= 0.3 is 0 Å². The molecule has 1 amide bonds. The van der Waals surface area contributed by atoms with Crippen LogP contribution in [0.15, 0.2) is 59.8 Å². The molecule has 0 spiro atoms. The summed E-state index contributed by atoms with van der Waals surface area (Å²) < 4.78 is 27.0. The fourth-order valence-corrected chi connectivity index (χ4v) is 5.56. The zero-order chi connectivity index (χ0) is 19.6. The lowest BCUT2D eigenvalue weighted by molar-refractivity contribution is -0.148. The highest BCUT2D eigenvalue weighted by molar-refractivity contribution is 7.89. The number of rotatable bonds is 5. The minimum absolute atomic E-state index is 0.182. The largest absolute Gasteiger partial charge is 0.340 e. The summed E-state index contributed by atoms with van der Waals surface area (Å²) in [4.78, 5) is 19.3. The molecule has 1 aromatic heterocycles. The minimum Gasteiger partial charge on any atom is -0.340 e. The van der Waals surface area contributed by atoms with E-state index in [1.807, 2.05) is 23.1 Å². The van der Waals surface area contributed by atoms with Gasteiger partial charge in [0.1, 0.15) is 4.90 Å². The molecule has 148 valence electrons. The Morgan fingerprint density at radius 2 is 1.71 bits per heavy atom. The van der Waals surface area contributed by atoms with Crippen LogP contribution in [-0.2, 0) is 21.2 Å². The summed E-state index contributed by atoms with van der Waals surface area (Å²) in [5.41, 5.74) is 0.875. The maximum atomic E-state index is 13.3. The first-order chi connectivity index (χ1) is 13.5. The average Bonchev–Trinajstić information content (AvgIpc) is 2.72. The van der Waals surface area contributed by atoms with Crippen molar-refractivity contribution in [3.8, 4) is 0 Å². The lowest BCUT2D eigenvalue weighted by atomic mass is 9.64. The van der Waals surface area contributed by atoms with Crippen molar-refractivity contribution in [1.82, 2.24) is 14.2 Å². The van der Waals surface area contributed by atoms with Crippen LogP contribution < -0.4 is 0 Å². The van der Waals surface area contributed by atoms with Crippen molar-refractivity contribution in [1.29, 1.82) is 0 Å². The first kappa shape index (κ1) is 19.1. The highest BCUT2D eigenvalue weighted by Crippen LogP contribution is 2.45.